The summed E-state index contributed by atoms with van der Waals surface area (Å²) in [5, 5.41) is 3.29. The Balaban J connectivity index is 1.88. The SMILES string of the molecule is CN[C@H]1CCCN(C(=O)C[C@H](C)Cc2ccccc2OC)C1. The van der Waals surface area contributed by atoms with Crippen LogP contribution in [0.1, 0.15) is 31.7 Å². The predicted octanol–water partition coefficient (Wildman–Crippen LogP) is 2.47. The van der Waals surface area contributed by atoms with Crippen LogP contribution in [0, 0.1) is 5.92 Å². The molecule has 0 aliphatic carbocycles. The number of amides is 1. The minimum absolute atomic E-state index is 0.280. The second-order valence-corrected chi connectivity index (χ2v) is 6.29. The van der Waals surface area contributed by atoms with E-state index in [1.54, 1.807) is 7.11 Å². The van der Waals surface area contributed by atoms with E-state index in [1.807, 2.05) is 30.1 Å². The van der Waals surface area contributed by atoms with Crippen molar-refractivity contribution in [1.29, 1.82) is 0 Å². The minimum atomic E-state index is 0.280. The molecule has 1 N–H and O–H groups in total. The predicted molar refractivity (Wildman–Crippen MR) is 89.1 cm³/mol. The summed E-state index contributed by atoms with van der Waals surface area (Å²) in [7, 11) is 3.67. The molecule has 1 aliphatic rings. The first kappa shape index (κ1) is 16.8. The third-order valence-corrected chi connectivity index (χ3v) is 4.47. The van der Waals surface area contributed by atoms with Crippen LogP contribution in [0.5, 0.6) is 5.75 Å². The van der Waals surface area contributed by atoms with Crippen LogP contribution in [0.2, 0.25) is 0 Å². The molecule has 0 bridgehead atoms. The molecule has 1 heterocycles. The van der Waals surface area contributed by atoms with Crippen LogP contribution in [-0.2, 0) is 11.2 Å². The van der Waals surface area contributed by atoms with Crippen molar-refractivity contribution < 1.29 is 9.53 Å². The monoisotopic (exact) mass is 304 g/mol. The number of para-hydroxylation sites is 1. The molecule has 1 saturated heterocycles. The van der Waals surface area contributed by atoms with E-state index in [0.29, 0.717) is 18.4 Å². The summed E-state index contributed by atoms with van der Waals surface area (Å²) in [6.07, 6.45) is 3.74. The number of nitrogens with zero attached hydrogens (tertiary/aromatic N) is 1. The van der Waals surface area contributed by atoms with Gasteiger partial charge in [-0.25, -0.2) is 0 Å². The van der Waals surface area contributed by atoms with Gasteiger partial charge in [0, 0.05) is 25.6 Å². The van der Waals surface area contributed by atoms with Crippen LogP contribution in [0.3, 0.4) is 0 Å². The number of hydrogen-bond acceptors (Lipinski definition) is 3. The fraction of sp³-hybridized carbons (Fsp3) is 0.611. The number of carbonyl (C=O) groups excluding carboxylic acids is 1. The molecular weight excluding hydrogens is 276 g/mol. The van der Waals surface area contributed by atoms with Crippen molar-refractivity contribution in [2.24, 2.45) is 5.92 Å². The number of carbonyl (C=O) groups is 1. The van der Waals surface area contributed by atoms with E-state index in [4.69, 9.17) is 4.74 Å². The summed E-state index contributed by atoms with van der Waals surface area (Å²) >= 11 is 0. The molecule has 2 atom stereocenters. The zero-order chi connectivity index (χ0) is 15.9. The van der Waals surface area contributed by atoms with Gasteiger partial charge in [0.1, 0.15) is 5.75 Å². The molecule has 4 nitrogen and oxygen atoms in total. The molecule has 1 aromatic carbocycles. The average molecular weight is 304 g/mol. The van der Waals surface area contributed by atoms with Crippen molar-refractivity contribution in [3.05, 3.63) is 29.8 Å². The van der Waals surface area contributed by atoms with Crippen LogP contribution >= 0.6 is 0 Å². The second kappa shape index (κ2) is 8.18. The Hall–Kier alpha value is -1.55. The van der Waals surface area contributed by atoms with Crippen molar-refractivity contribution in [2.45, 2.75) is 38.6 Å². The van der Waals surface area contributed by atoms with Gasteiger partial charge in [-0.1, -0.05) is 25.1 Å². The van der Waals surface area contributed by atoms with Crippen LogP contribution in [0.4, 0.5) is 0 Å². The number of likely N-dealkylation sites (tertiary alicyclic amines) is 1. The highest BCUT2D eigenvalue weighted by atomic mass is 16.5. The zero-order valence-electron chi connectivity index (χ0n) is 14.0. The number of hydrogen-bond donors (Lipinski definition) is 1. The summed E-state index contributed by atoms with van der Waals surface area (Å²) in [4.78, 5) is 14.5. The molecule has 1 fully saturated rings. The standard InChI is InChI=1S/C18H28N2O2/c1-14(11-15-7-4-5-9-17(15)22-3)12-18(21)20-10-6-8-16(13-20)19-2/h4-5,7,9,14,16,19H,6,8,10-13H2,1-3H3/t14-,16+/m1/s1. The number of ether oxygens (including phenoxy) is 1. The van der Waals surface area contributed by atoms with Crippen molar-refractivity contribution in [3.63, 3.8) is 0 Å². The van der Waals surface area contributed by atoms with Gasteiger partial charge >= 0.3 is 0 Å². The van der Waals surface area contributed by atoms with Crippen LogP contribution in [0.25, 0.3) is 0 Å². The summed E-state index contributed by atoms with van der Waals surface area (Å²) in [6, 6.07) is 8.50. The van der Waals surface area contributed by atoms with Gasteiger partial charge in [-0.05, 0) is 43.9 Å². The Morgan fingerprint density at radius 1 is 1.45 bits per heavy atom. The third-order valence-electron chi connectivity index (χ3n) is 4.47. The highest BCUT2D eigenvalue weighted by molar-refractivity contribution is 5.76. The topological polar surface area (TPSA) is 41.6 Å². The Kier molecular flexibility index (Phi) is 6.25. The number of piperidine rings is 1. The molecular formula is C18H28N2O2. The molecule has 1 aromatic rings. The number of likely N-dealkylation sites (N-methyl/N-ethyl adjacent to an activating group) is 1. The lowest BCUT2D eigenvalue weighted by atomic mass is 9.96. The minimum Gasteiger partial charge on any atom is -0.496 e. The van der Waals surface area contributed by atoms with E-state index in [2.05, 4.69) is 18.3 Å². The van der Waals surface area contributed by atoms with Gasteiger partial charge in [0.15, 0.2) is 0 Å². The lowest BCUT2D eigenvalue weighted by Gasteiger charge is -2.33. The molecule has 0 spiro atoms. The van der Waals surface area contributed by atoms with Crippen molar-refractivity contribution in [2.75, 3.05) is 27.2 Å². The molecule has 22 heavy (non-hydrogen) atoms. The molecule has 0 unspecified atom stereocenters. The fourth-order valence-electron chi connectivity index (χ4n) is 3.19. The molecule has 122 valence electrons. The van der Waals surface area contributed by atoms with Gasteiger partial charge in [-0.3, -0.25) is 4.79 Å². The number of rotatable bonds is 6. The Morgan fingerprint density at radius 2 is 2.23 bits per heavy atom. The number of nitrogens with one attached hydrogen (secondary N) is 1. The van der Waals surface area contributed by atoms with E-state index >= 15 is 0 Å². The second-order valence-electron chi connectivity index (χ2n) is 6.29. The largest absolute Gasteiger partial charge is 0.496 e. The third kappa shape index (κ3) is 4.47. The normalized spacial score (nSPS) is 19.8. The van der Waals surface area contributed by atoms with E-state index in [0.717, 1.165) is 38.1 Å². The van der Waals surface area contributed by atoms with Gasteiger partial charge in [-0.15, -0.1) is 0 Å². The number of benzene rings is 1. The van der Waals surface area contributed by atoms with E-state index < -0.39 is 0 Å². The van der Waals surface area contributed by atoms with Crippen molar-refractivity contribution in [1.82, 2.24) is 10.2 Å². The molecule has 1 aliphatic heterocycles. The summed E-state index contributed by atoms with van der Waals surface area (Å²) in [5.41, 5.74) is 1.18. The van der Waals surface area contributed by atoms with Crippen LogP contribution < -0.4 is 10.1 Å². The molecule has 2 rings (SSSR count). The molecule has 0 aromatic heterocycles. The quantitative estimate of drug-likeness (QED) is 0.878. The molecule has 0 saturated carbocycles. The van der Waals surface area contributed by atoms with E-state index in [1.165, 1.54) is 5.56 Å². The van der Waals surface area contributed by atoms with Gasteiger partial charge in [0.05, 0.1) is 7.11 Å². The van der Waals surface area contributed by atoms with E-state index in [-0.39, 0.29) is 5.91 Å². The molecule has 4 heteroatoms. The highest BCUT2D eigenvalue weighted by Gasteiger charge is 2.23. The molecule has 1 amide bonds. The van der Waals surface area contributed by atoms with Crippen LogP contribution in [-0.4, -0.2) is 44.1 Å². The Morgan fingerprint density at radius 3 is 2.95 bits per heavy atom. The highest BCUT2D eigenvalue weighted by Crippen LogP contribution is 2.23. The lowest BCUT2D eigenvalue weighted by molar-refractivity contribution is -0.133. The van der Waals surface area contributed by atoms with Gasteiger partial charge in [0.25, 0.3) is 0 Å². The Bertz CT molecular complexity index is 490. The summed E-state index contributed by atoms with van der Waals surface area (Å²) in [6.45, 7) is 3.89. The van der Waals surface area contributed by atoms with Crippen molar-refractivity contribution in [3.8, 4) is 5.75 Å². The zero-order valence-corrected chi connectivity index (χ0v) is 14.0. The van der Waals surface area contributed by atoms with Crippen molar-refractivity contribution >= 4 is 5.91 Å². The first-order chi connectivity index (χ1) is 10.6. The molecule has 0 radical (unpaired) electrons. The number of methoxy groups -OCH3 is 1. The maximum absolute atomic E-state index is 12.5. The lowest BCUT2D eigenvalue weighted by Crippen LogP contribution is -2.47. The first-order valence-electron chi connectivity index (χ1n) is 8.21. The van der Waals surface area contributed by atoms with Gasteiger partial charge < -0.3 is 15.0 Å². The summed E-state index contributed by atoms with van der Waals surface area (Å²) < 4.78 is 5.39. The van der Waals surface area contributed by atoms with Crippen LogP contribution in [0.15, 0.2) is 24.3 Å². The maximum atomic E-state index is 12.5. The summed E-state index contributed by atoms with van der Waals surface area (Å²) in [5.74, 6) is 1.51. The Labute approximate surface area is 133 Å². The smallest absolute Gasteiger partial charge is 0.222 e. The van der Waals surface area contributed by atoms with Gasteiger partial charge in [-0.2, -0.15) is 0 Å². The van der Waals surface area contributed by atoms with E-state index in [9.17, 15) is 4.79 Å². The average Bonchev–Trinajstić information content (AvgIpc) is 2.55. The fourth-order valence-corrected chi connectivity index (χ4v) is 3.19. The first-order valence-corrected chi connectivity index (χ1v) is 8.21. The maximum Gasteiger partial charge on any atom is 0.222 e. The van der Waals surface area contributed by atoms with Gasteiger partial charge in [0.2, 0.25) is 5.91 Å².